The second-order valence-corrected chi connectivity index (χ2v) is 4.51. The number of carboxylic acids is 1. The van der Waals surface area contributed by atoms with Crippen molar-refractivity contribution in [3.8, 4) is 0 Å². The van der Waals surface area contributed by atoms with Gasteiger partial charge in [0.15, 0.2) is 5.69 Å². The van der Waals surface area contributed by atoms with E-state index in [1.54, 1.807) is 0 Å². The maximum absolute atomic E-state index is 11.9. The fraction of sp³-hybridized carbons (Fsp3) is 0.636. The quantitative estimate of drug-likeness (QED) is 0.613. The van der Waals surface area contributed by atoms with Crippen molar-refractivity contribution in [3.63, 3.8) is 0 Å². The lowest BCUT2D eigenvalue weighted by molar-refractivity contribution is -0.123. The lowest BCUT2D eigenvalue weighted by atomic mass is 10.1. The third-order valence-corrected chi connectivity index (χ3v) is 3.11. The molecule has 1 aromatic heterocycles. The SMILES string of the molecule is NCc1c(C(=O)O)nnn1CC(=O)NC1CCOCC1. The van der Waals surface area contributed by atoms with Crippen LogP contribution >= 0.6 is 0 Å². The average molecular weight is 283 g/mol. The van der Waals surface area contributed by atoms with E-state index in [1.807, 2.05) is 0 Å². The lowest BCUT2D eigenvalue weighted by Crippen LogP contribution is -2.40. The second-order valence-electron chi connectivity index (χ2n) is 4.51. The van der Waals surface area contributed by atoms with Crippen LogP contribution in [0.25, 0.3) is 0 Å². The molecule has 1 amide bonds. The molecule has 1 fully saturated rings. The van der Waals surface area contributed by atoms with Gasteiger partial charge in [-0.2, -0.15) is 0 Å². The zero-order valence-electron chi connectivity index (χ0n) is 10.9. The van der Waals surface area contributed by atoms with Gasteiger partial charge in [-0.15, -0.1) is 5.10 Å². The predicted molar refractivity (Wildman–Crippen MR) is 66.9 cm³/mol. The molecule has 0 spiro atoms. The van der Waals surface area contributed by atoms with Crippen LogP contribution in [0.5, 0.6) is 0 Å². The fourth-order valence-corrected chi connectivity index (χ4v) is 2.08. The summed E-state index contributed by atoms with van der Waals surface area (Å²) in [5.74, 6) is -1.45. The number of aromatic nitrogens is 3. The number of nitrogens with one attached hydrogen (secondary N) is 1. The molecule has 4 N–H and O–H groups in total. The average Bonchev–Trinajstić information content (AvgIpc) is 2.82. The van der Waals surface area contributed by atoms with E-state index in [4.69, 9.17) is 15.6 Å². The first kappa shape index (κ1) is 14.4. The van der Waals surface area contributed by atoms with Gasteiger partial charge in [0.2, 0.25) is 5.91 Å². The summed E-state index contributed by atoms with van der Waals surface area (Å²) < 4.78 is 6.43. The van der Waals surface area contributed by atoms with Gasteiger partial charge >= 0.3 is 5.97 Å². The van der Waals surface area contributed by atoms with Crippen molar-refractivity contribution < 1.29 is 19.4 Å². The highest BCUT2D eigenvalue weighted by atomic mass is 16.5. The van der Waals surface area contributed by atoms with E-state index >= 15 is 0 Å². The Bertz CT molecular complexity index is 495. The Labute approximate surface area is 115 Å². The molecule has 0 unspecified atom stereocenters. The van der Waals surface area contributed by atoms with Gasteiger partial charge in [0.25, 0.3) is 0 Å². The van der Waals surface area contributed by atoms with Crippen LogP contribution in [0.2, 0.25) is 0 Å². The Kier molecular flexibility index (Phi) is 4.64. The molecule has 110 valence electrons. The molecule has 20 heavy (non-hydrogen) atoms. The topological polar surface area (TPSA) is 132 Å². The van der Waals surface area contributed by atoms with E-state index in [0.717, 1.165) is 12.8 Å². The third-order valence-electron chi connectivity index (χ3n) is 3.11. The van der Waals surface area contributed by atoms with Crippen molar-refractivity contribution >= 4 is 11.9 Å². The summed E-state index contributed by atoms with van der Waals surface area (Å²) in [5.41, 5.74) is 5.50. The molecule has 1 saturated heterocycles. The summed E-state index contributed by atoms with van der Waals surface area (Å²) >= 11 is 0. The van der Waals surface area contributed by atoms with Crippen LogP contribution in [0.3, 0.4) is 0 Å². The Morgan fingerprint density at radius 1 is 1.45 bits per heavy atom. The van der Waals surface area contributed by atoms with Crippen molar-refractivity contribution in [2.45, 2.75) is 32.0 Å². The molecule has 0 radical (unpaired) electrons. The summed E-state index contributed by atoms with van der Waals surface area (Å²) in [6.45, 7) is 1.13. The van der Waals surface area contributed by atoms with Crippen molar-refractivity contribution in [2.24, 2.45) is 5.73 Å². The Morgan fingerprint density at radius 2 is 2.15 bits per heavy atom. The number of amides is 1. The highest BCUT2D eigenvalue weighted by Crippen LogP contribution is 2.07. The molecule has 9 heteroatoms. The molecule has 0 atom stereocenters. The largest absolute Gasteiger partial charge is 0.476 e. The number of nitrogens with zero attached hydrogens (tertiary/aromatic N) is 3. The highest BCUT2D eigenvalue weighted by molar-refractivity contribution is 5.86. The van der Waals surface area contributed by atoms with E-state index < -0.39 is 5.97 Å². The first-order valence-electron chi connectivity index (χ1n) is 6.34. The van der Waals surface area contributed by atoms with Crippen molar-refractivity contribution in [1.29, 1.82) is 0 Å². The fourth-order valence-electron chi connectivity index (χ4n) is 2.08. The van der Waals surface area contributed by atoms with E-state index in [1.165, 1.54) is 4.68 Å². The van der Waals surface area contributed by atoms with Crippen LogP contribution in [-0.4, -0.2) is 51.2 Å². The van der Waals surface area contributed by atoms with E-state index in [-0.39, 0.29) is 36.4 Å². The van der Waals surface area contributed by atoms with Crippen LogP contribution in [-0.2, 0) is 22.6 Å². The molecule has 0 aromatic carbocycles. The number of rotatable bonds is 5. The van der Waals surface area contributed by atoms with E-state index in [0.29, 0.717) is 13.2 Å². The summed E-state index contributed by atoms with van der Waals surface area (Å²) in [5, 5.41) is 19.0. The van der Waals surface area contributed by atoms with Crippen molar-refractivity contribution in [2.75, 3.05) is 13.2 Å². The van der Waals surface area contributed by atoms with Crippen LogP contribution in [0.1, 0.15) is 29.0 Å². The highest BCUT2D eigenvalue weighted by Gasteiger charge is 2.21. The molecule has 1 aromatic rings. The Morgan fingerprint density at radius 3 is 2.75 bits per heavy atom. The lowest BCUT2D eigenvalue weighted by Gasteiger charge is -2.23. The summed E-state index contributed by atoms with van der Waals surface area (Å²) in [6, 6.07) is 0.0834. The number of carbonyl (C=O) groups is 2. The Balaban J connectivity index is 1.98. The van der Waals surface area contributed by atoms with Gasteiger partial charge < -0.3 is 20.9 Å². The minimum absolute atomic E-state index is 0.0425. The van der Waals surface area contributed by atoms with Crippen molar-refractivity contribution in [3.05, 3.63) is 11.4 Å². The Hall–Kier alpha value is -2.00. The first-order valence-corrected chi connectivity index (χ1v) is 6.34. The zero-order chi connectivity index (χ0) is 14.5. The maximum Gasteiger partial charge on any atom is 0.358 e. The summed E-state index contributed by atoms with van der Waals surface area (Å²) in [4.78, 5) is 22.8. The molecule has 0 aliphatic carbocycles. The minimum Gasteiger partial charge on any atom is -0.476 e. The van der Waals surface area contributed by atoms with Gasteiger partial charge in [0.05, 0.1) is 5.69 Å². The molecule has 2 heterocycles. The molecule has 1 aliphatic heterocycles. The first-order chi connectivity index (χ1) is 9.61. The molecule has 9 nitrogen and oxygen atoms in total. The van der Waals surface area contributed by atoms with Gasteiger partial charge in [-0.3, -0.25) is 4.79 Å². The predicted octanol–water partition coefficient (Wildman–Crippen LogP) is -1.27. The minimum atomic E-state index is -1.21. The standard InChI is InChI=1S/C11H17N5O4/c12-5-8-10(11(18)19)14-15-16(8)6-9(17)13-7-1-3-20-4-2-7/h7H,1-6,12H2,(H,13,17)(H,18,19). The monoisotopic (exact) mass is 283 g/mol. The maximum atomic E-state index is 11.9. The molecule has 1 aliphatic rings. The number of hydrogen-bond donors (Lipinski definition) is 3. The number of hydrogen-bond acceptors (Lipinski definition) is 6. The second kappa shape index (κ2) is 6.44. The van der Waals surface area contributed by atoms with Crippen molar-refractivity contribution in [1.82, 2.24) is 20.3 Å². The van der Waals surface area contributed by atoms with Gasteiger partial charge in [-0.05, 0) is 12.8 Å². The molecule has 0 saturated carbocycles. The van der Waals surface area contributed by atoms with Crippen LogP contribution in [0.4, 0.5) is 0 Å². The number of aromatic carboxylic acids is 1. The molecule has 2 rings (SSSR count). The van der Waals surface area contributed by atoms with Gasteiger partial charge in [-0.25, -0.2) is 9.48 Å². The van der Waals surface area contributed by atoms with E-state index in [2.05, 4.69) is 15.6 Å². The van der Waals surface area contributed by atoms with Crippen LogP contribution in [0, 0.1) is 0 Å². The number of carbonyl (C=O) groups excluding carboxylic acids is 1. The number of ether oxygens (including phenoxy) is 1. The zero-order valence-corrected chi connectivity index (χ0v) is 10.9. The smallest absolute Gasteiger partial charge is 0.358 e. The van der Waals surface area contributed by atoms with Gasteiger partial charge in [-0.1, -0.05) is 5.21 Å². The number of nitrogens with two attached hydrogens (primary N) is 1. The summed E-state index contributed by atoms with van der Waals surface area (Å²) in [6.07, 6.45) is 1.54. The van der Waals surface area contributed by atoms with Crippen LogP contribution in [0.15, 0.2) is 0 Å². The van der Waals surface area contributed by atoms with Gasteiger partial charge in [0.1, 0.15) is 6.54 Å². The molecular weight excluding hydrogens is 266 g/mol. The molecule has 0 bridgehead atoms. The van der Waals surface area contributed by atoms with Crippen LogP contribution < -0.4 is 11.1 Å². The normalized spacial score (nSPS) is 16.1. The third kappa shape index (κ3) is 3.31. The van der Waals surface area contributed by atoms with Gasteiger partial charge in [0, 0.05) is 25.8 Å². The number of carboxylic acid groups (broad SMARTS) is 1. The molecular formula is C11H17N5O4. The van der Waals surface area contributed by atoms with E-state index in [9.17, 15) is 9.59 Å². The summed E-state index contributed by atoms with van der Waals surface area (Å²) in [7, 11) is 0.